The smallest absolute Gasteiger partial charge is 0.328 e. The maximum atomic E-state index is 11.5. The molecule has 1 unspecified atom stereocenters. The van der Waals surface area contributed by atoms with E-state index in [1.165, 1.54) is 13.0 Å². The first-order chi connectivity index (χ1) is 7.23. The van der Waals surface area contributed by atoms with Crippen LogP contribution in [-0.4, -0.2) is 20.9 Å². The van der Waals surface area contributed by atoms with E-state index in [1.54, 1.807) is 6.07 Å². The zero-order valence-corrected chi connectivity index (χ0v) is 9.89. The van der Waals surface area contributed by atoms with Gasteiger partial charge in [-0.1, -0.05) is 20.8 Å². The van der Waals surface area contributed by atoms with Crippen molar-refractivity contribution in [2.75, 3.05) is 0 Å². The number of carbonyl (C=O) groups is 1. The number of hydrogen-bond donors (Lipinski definition) is 1. The highest BCUT2D eigenvalue weighted by molar-refractivity contribution is 5.71. The lowest BCUT2D eigenvalue weighted by Gasteiger charge is -2.19. The van der Waals surface area contributed by atoms with Crippen LogP contribution in [0.25, 0.3) is 0 Å². The molecule has 1 aromatic heterocycles. The molecule has 0 aliphatic heterocycles. The van der Waals surface area contributed by atoms with Crippen molar-refractivity contribution in [3.63, 3.8) is 0 Å². The molecule has 1 rings (SSSR count). The monoisotopic (exact) mass is 224 g/mol. The van der Waals surface area contributed by atoms with E-state index in [9.17, 15) is 9.59 Å². The van der Waals surface area contributed by atoms with Crippen LogP contribution in [0.1, 0.15) is 39.4 Å². The van der Waals surface area contributed by atoms with Crippen molar-refractivity contribution in [2.24, 2.45) is 0 Å². The molecule has 88 valence electrons. The second-order valence-corrected chi connectivity index (χ2v) is 4.77. The van der Waals surface area contributed by atoms with Crippen molar-refractivity contribution in [1.29, 1.82) is 0 Å². The molecule has 1 atom stereocenters. The van der Waals surface area contributed by atoms with E-state index in [0.29, 0.717) is 5.69 Å². The lowest BCUT2D eigenvalue weighted by molar-refractivity contribution is -0.140. The van der Waals surface area contributed by atoms with Gasteiger partial charge in [0.2, 0.25) is 0 Å². The van der Waals surface area contributed by atoms with Gasteiger partial charge in [0.15, 0.2) is 6.04 Å². The van der Waals surface area contributed by atoms with Gasteiger partial charge >= 0.3 is 5.97 Å². The molecule has 1 heterocycles. The first kappa shape index (κ1) is 12.4. The molecule has 0 aliphatic carbocycles. The van der Waals surface area contributed by atoms with Crippen LogP contribution in [0.4, 0.5) is 0 Å². The molecule has 0 amide bonds. The van der Waals surface area contributed by atoms with Gasteiger partial charge in [-0.2, -0.15) is 5.10 Å². The summed E-state index contributed by atoms with van der Waals surface area (Å²) in [6.45, 7) is 7.30. The van der Waals surface area contributed by atoms with Gasteiger partial charge in [-0.25, -0.2) is 9.48 Å². The summed E-state index contributed by atoms with van der Waals surface area (Å²) < 4.78 is 1.00. The van der Waals surface area contributed by atoms with Gasteiger partial charge in [0.1, 0.15) is 0 Å². The van der Waals surface area contributed by atoms with Crippen molar-refractivity contribution in [1.82, 2.24) is 9.78 Å². The Bertz CT molecular complexity index is 457. The van der Waals surface area contributed by atoms with Crippen LogP contribution in [0.5, 0.6) is 0 Å². The maximum absolute atomic E-state index is 11.5. The minimum atomic E-state index is -1.07. The van der Waals surface area contributed by atoms with Gasteiger partial charge in [0.25, 0.3) is 5.56 Å². The van der Waals surface area contributed by atoms with Crippen LogP contribution >= 0.6 is 0 Å². The summed E-state index contributed by atoms with van der Waals surface area (Å²) in [6, 6.07) is 2.04. The van der Waals surface area contributed by atoms with Crippen molar-refractivity contribution in [3.05, 3.63) is 28.2 Å². The molecule has 0 saturated carbocycles. The molecule has 0 radical (unpaired) electrons. The fourth-order valence-electron chi connectivity index (χ4n) is 1.21. The summed E-state index contributed by atoms with van der Waals surface area (Å²) in [4.78, 5) is 22.3. The van der Waals surface area contributed by atoms with Crippen LogP contribution < -0.4 is 5.56 Å². The minimum Gasteiger partial charge on any atom is -0.480 e. The standard InChI is InChI=1S/C11H16N2O3/c1-7(10(15)16)13-9(14)6-5-8(12-13)11(2,3)4/h5-7H,1-4H3,(H,15,16). The largest absolute Gasteiger partial charge is 0.480 e. The minimum absolute atomic E-state index is 0.215. The predicted octanol–water partition coefficient (Wildman–Crippen LogP) is 1.19. The summed E-state index contributed by atoms with van der Waals surface area (Å²) in [5.41, 5.74) is 0.0799. The van der Waals surface area contributed by atoms with Gasteiger partial charge in [-0.3, -0.25) is 4.79 Å². The number of carboxylic acid groups (broad SMARTS) is 1. The zero-order valence-electron chi connectivity index (χ0n) is 9.89. The normalized spacial score (nSPS) is 13.5. The molecule has 0 aliphatic rings. The Morgan fingerprint density at radius 1 is 1.44 bits per heavy atom. The Labute approximate surface area is 93.7 Å². The van der Waals surface area contributed by atoms with Gasteiger partial charge < -0.3 is 5.11 Å². The number of aromatic nitrogens is 2. The van der Waals surface area contributed by atoms with Gasteiger partial charge in [0, 0.05) is 11.5 Å². The quantitative estimate of drug-likeness (QED) is 0.818. The maximum Gasteiger partial charge on any atom is 0.328 e. The fraction of sp³-hybridized carbons (Fsp3) is 0.545. The topological polar surface area (TPSA) is 72.2 Å². The van der Waals surface area contributed by atoms with E-state index < -0.39 is 17.6 Å². The molecule has 5 heteroatoms. The highest BCUT2D eigenvalue weighted by Crippen LogP contribution is 2.18. The lowest BCUT2D eigenvalue weighted by atomic mass is 9.92. The highest BCUT2D eigenvalue weighted by atomic mass is 16.4. The van der Waals surface area contributed by atoms with Crippen molar-refractivity contribution in [2.45, 2.75) is 39.2 Å². The van der Waals surface area contributed by atoms with E-state index >= 15 is 0 Å². The van der Waals surface area contributed by atoms with E-state index in [0.717, 1.165) is 4.68 Å². The van der Waals surface area contributed by atoms with Crippen LogP contribution in [0.2, 0.25) is 0 Å². The molecule has 0 saturated heterocycles. The molecule has 0 fully saturated rings. The molecule has 0 aromatic carbocycles. The van der Waals surface area contributed by atoms with E-state index in [-0.39, 0.29) is 5.41 Å². The zero-order chi connectivity index (χ0) is 12.5. The molecule has 1 N–H and O–H groups in total. The Morgan fingerprint density at radius 3 is 2.44 bits per heavy atom. The highest BCUT2D eigenvalue weighted by Gasteiger charge is 2.20. The number of aliphatic carboxylic acids is 1. The Balaban J connectivity index is 3.30. The number of carboxylic acids is 1. The summed E-state index contributed by atoms with van der Waals surface area (Å²) in [5.74, 6) is -1.07. The Morgan fingerprint density at radius 2 is 2.00 bits per heavy atom. The Kier molecular flexibility index (Phi) is 3.16. The summed E-state index contributed by atoms with van der Waals surface area (Å²) in [7, 11) is 0. The molecule has 1 aromatic rings. The van der Waals surface area contributed by atoms with Gasteiger partial charge in [-0.15, -0.1) is 0 Å². The number of rotatable bonds is 2. The van der Waals surface area contributed by atoms with Crippen LogP contribution in [0.15, 0.2) is 16.9 Å². The lowest BCUT2D eigenvalue weighted by Crippen LogP contribution is -2.32. The molecule has 0 spiro atoms. The predicted molar refractivity (Wildman–Crippen MR) is 59.5 cm³/mol. The number of nitrogens with zero attached hydrogens (tertiary/aromatic N) is 2. The van der Waals surface area contributed by atoms with Crippen molar-refractivity contribution >= 4 is 5.97 Å². The van der Waals surface area contributed by atoms with E-state index in [1.807, 2.05) is 20.8 Å². The molecular formula is C11H16N2O3. The number of hydrogen-bond acceptors (Lipinski definition) is 3. The molecule has 16 heavy (non-hydrogen) atoms. The average molecular weight is 224 g/mol. The third-order valence-electron chi connectivity index (χ3n) is 2.32. The van der Waals surface area contributed by atoms with Crippen LogP contribution in [0.3, 0.4) is 0 Å². The van der Waals surface area contributed by atoms with Crippen LogP contribution in [0, 0.1) is 0 Å². The summed E-state index contributed by atoms with van der Waals surface area (Å²) in [6.07, 6.45) is 0. The SMILES string of the molecule is CC(C(=O)O)n1nc(C(C)(C)C)ccc1=O. The average Bonchev–Trinajstić information content (AvgIpc) is 2.15. The second kappa shape index (κ2) is 4.08. The summed E-state index contributed by atoms with van der Waals surface area (Å²) >= 11 is 0. The van der Waals surface area contributed by atoms with E-state index in [4.69, 9.17) is 5.11 Å². The first-order valence-electron chi connectivity index (χ1n) is 5.06. The van der Waals surface area contributed by atoms with E-state index in [2.05, 4.69) is 5.10 Å². The third-order valence-corrected chi connectivity index (χ3v) is 2.32. The molecule has 0 bridgehead atoms. The van der Waals surface area contributed by atoms with Crippen molar-refractivity contribution < 1.29 is 9.90 Å². The summed E-state index contributed by atoms with van der Waals surface area (Å²) in [5, 5.41) is 12.9. The Hall–Kier alpha value is -1.65. The van der Waals surface area contributed by atoms with Crippen molar-refractivity contribution in [3.8, 4) is 0 Å². The first-order valence-corrected chi connectivity index (χ1v) is 5.06. The molecule has 5 nitrogen and oxygen atoms in total. The fourth-order valence-corrected chi connectivity index (χ4v) is 1.21. The third kappa shape index (κ3) is 2.48. The van der Waals surface area contributed by atoms with Crippen LogP contribution in [-0.2, 0) is 10.2 Å². The van der Waals surface area contributed by atoms with Gasteiger partial charge in [0.05, 0.1) is 5.69 Å². The molecular weight excluding hydrogens is 208 g/mol. The second-order valence-electron chi connectivity index (χ2n) is 4.77. The van der Waals surface area contributed by atoms with Gasteiger partial charge in [-0.05, 0) is 13.0 Å².